The first-order chi connectivity index (χ1) is 16.7. The Morgan fingerprint density at radius 3 is 2.34 bits per heavy atom. The van der Waals surface area contributed by atoms with E-state index in [2.05, 4.69) is 32.9 Å². The highest BCUT2D eigenvalue weighted by atomic mass is 28.3. The van der Waals surface area contributed by atoms with Crippen molar-refractivity contribution >= 4 is 26.0 Å². The van der Waals surface area contributed by atoms with Crippen LogP contribution in [-0.4, -0.2) is 48.2 Å². The van der Waals surface area contributed by atoms with E-state index in [0.717, 1.165) is 5.56 Å². The van der Waals surface area contributed by atoms with Gasteiger partial charge in [-0.3, -0.25) is 9.59 Å². The molecular weight excluding hydrogens is 460 g/mol. The summed E-state index contributed by atoms with van der Waals surface area (Å²) in [6.07, 6.45) is 1.43. The molecule has 1 aliphatic carbocycles. The number of ketones is 1. The summed E-state index contributed by atoms with van der Waals surface area (Å²) in [5.74, 6) is 0.541. The van der Waals surface area contributed by atoms with E-state index in [1.54, 1.807) is 14.2 Å². The molecule has 7 heteroatoms. The molecular formula is C28H37O6Si. The molecule has 1 radical (unpaired) electrons. The van der Waals surface area contributed by atoms with Crippen LogP contribution in [0, 0.1) is 11.8 Å². The third-order valence-electron chi connectivity index (χ3n) is 6.63. The van der Waals surface area contributed by atoms with Crippen LogP contribution in [0.3, 0.4) is 0 Å². The van der Waals surface area contributed by atoms with Crippen molar-refractivity contribution in [2.75, 3.05) is 21.3 Å². The lowest BCUT2D eigenvalue weighted by atomic mass is 9.72. The second-order valence-corrected chi connectivity index (χ2v) is 13.0. The molecule has 1 fully saturated rings. The van der Waals surface area contributed by atoms with Crippen LogP contribution in [0.25, 0.3) is 0 Å². The fourth-order valence-electron chi connectivity index (χ4n) is 4.82. The van der Waals surface area contributed by atoms with E-state index >= 15 is 0 Å². The molecule has 0 bridgehead atoms. The Morgan fingerprint density at radius 1 is 1.03 bits per heavy atom. The Labute approximate surface area is 210 Å². The molecule has 0 heterocycles. The molecule has 2 aromatic rings. The van der Waals surface area contributed by atoms with Crippen LogP contribution < -0.4 is 14.7 Å². The second-order valence-electron chi connectivity index (χ2n) is 10.0. The minimum atomic E-state index is -1.45. The van der Waals surface area contributed by atoms with E-state index in [-0.39, 0.29) is 41.2 Å². The largest absolute Gasteiger partial charge is 0.497 e. The van der Waals surface area contributed by atoms with E-state index < -0.39 is 9.04 Å². The van der Waals surface area contributed by atoms with Gasteiger partial charge in [0.1, 0.15) is 17.3 Å². The highest BCUT2D eigenvalue weighted by molar-refractivity contribution is 6.70. The van der Waals surface area contributed by atoms with E-state index in [1.165, 1.54) is 12.3 Å². The van der Waals surface area contributed by atoms with Gasteiger partial charge in [0.25, 0.3) is 9.04 Å². The minimum Gasteiger partial charge on any atom is -0.497 e. The molecule has 0 aliphatic heterocycles. The number of hydrogen-bond donors (Lipinski definition) is 0. The highest BCUT2D eigenvalue weighted by Gasteiger charge is 2.44. The zero-order valence-electron chi connectivity index (χ0n) is 21.6. The molecule has 1 aliphatic rings. The maximum atomic E-state index is 13.2. The van der Waals surface area contributed by atoms with E-state index in [9.17, 15) is 9.59 Å². The molecule has 0 saturated heterocycles. The standard InChI is InChI=1S/C28H37O6Si/c1-28(2,3)35(21-10-8-7-9-11-21)34-25-15-14-24(29)22(23(25)18-27(30)33-6)16-19-12-13-20(31-4)17-26(19)32-5/h7-13,17,22-23,25H,14-16,18H2,1-6H3/t22-,23+,25+/m1/s1. The normalized spacial score (nSPS) is 20.5. The number of ether oxygens (including phenoxy) is 3. The van der Waals surface area contributed by atoms with Crippen LogP contribution in [0.15, 0.2) is 48.5 Å². The minimum absolute atomic E-state index is 0.0714. The van der Waals surface area contributed by atoms with Gasteiger partial charge in [-0.1, -0.05) is 57.2 Å². The Bertz CT molecular complexity index is 1000. The first kappa shape index (κ1) is 27.0. The number of esters is 1. The number of carbonyl (C=O) groups is 2. The third-order valence-corrected chi connectivity index (χ3v) is 9.39. The Hall–Kier alpha value is -2.64. The van der Waals surface area contributed by atoms with Gasteiger partial charge in [0.2, 0.25) is 0 Å². The molecule has 0 N–H and O–H groups in total. The third kappa shape index (κ3) is 6.73. The Kier molecular flexibility index (Phi) is 9.13. The summed E-state index contributed by atoms with van der Waals surface area (Å²) in [5, 5.41) is 1.12. The van der Waals surface area contributed by atoms with Crippen LogP contribution in [0.1, 0.15) is 45.6 Å². The summed E-state index contributed by atoms with van der Waals surface area (Å²) in [6.45, 7) is 6.58. The van der Waals surface area contributed by atoms with Crippen molar-refractivity contribution in [3.63, 3.8) is 0 Å². The molecule has 0 unspecified atom stereocenters. The van der Waals surface area contributed by atoms with Gasteiger partial charge in [-0.2, -0.15) is 0 Å². The number of benzene rings is 2. The molecule has 2 aromatic carbocycles. The SMILES string of the molecule is COC(=O)C[C@@H]1[C@@H](O[Si](c2ccccc2)C(C)(C)C)CCC(=O)[C@@H]1Cc1ccc(OC)cc1OC. The molecule has 0 aromatic heterocycles. The van der Waals surface area contributed by atoms with Gasteiger partial charge in [0.05, 0.1) is 27.8 Å². The molecule has 0 amide bonds. The summed E-state index contributed by atoms with van der Waals surface area (Å²) in [5.41, 5.74) is 0.909. The quantitative estimate of drug-likeness (QED) is 0.376. The predicted molar refractivity (Wildman–Crippen MR) is 138 cm³/mol. The monoisotopic (exact) mass is 497 g/mol. The number of methoxy groups -OCH3 is 3. The van der Waals surface area contributed by atoms with Gasteiger partial charge in [-0.25, -0.2) is 0 Å². The zero-order valence-corrected chi connectivity index (χ0v) is 22.6. The van der Waals surface area contributed by atoms with Crippen LogP contribution in [0.5, 0.6) is 11.5 Å². The number of carbonyl (C=O) groups excluding carboxylic acids is 2. The smallest absolute Gasteiger partial charge is 0.305 e. The molecule has 6 nitrogen and oxygen atoms in total. The number of hydrogen-bond acceptors (Lipinski definition) is 6. The molecule has 3 atom stereocenters. The van der Waals surface area contributed by atoms with Gasteiger partial charge in [0, 0.05) is 30.4 Å². The van der Waals surface area contributed by atoms with Gasteiger partial charge < -0.3 is 18.6 Å². The average Bonchev–Trinajstić information content (AvgIpc) is 2.85. The predicted octanol–water partition coefficient (Wildman–Crippen LogP) is 4.49. The first-order valence-electron chi connectivity index (χ1n) is 12.1. The Balaban J connectivity index is 1.95. The highest BCUT2D eigenvalue weighted by Crippen LogP contribution is 2.39. The molecule has 1 saturated carbocycles. The lowest BCUT2D eigenvalue weighted by Gasteiger charge is -2.41. The second kappa shape index (κ2) is 11.9. The van der Waals surface area contributed by atoms with Crippen LogP contribution >= 0.6 is 0 Å². The van der Waals surface area contributed by atoms with E-state index in [0.29, 0.717) is 30.8 Å². The number of rotatable bonds is 9. The van der Waals surface area contributed by atoms with Crippen molar-refractivity contribution in [2.45, 2.75) is 57.6 Å². The van der Waals surface area contributed by atoms with Gasteiger partial charge in [-0.15, -0.1) is 0 Å². The van der Waals surface area contributed by atoms with Crippen molar-refractivity contribution in [3.05, 3.63) is 54.1 Å². The van der Waals surface area contributed by atoms with Crippen LogP contribution in [0.2, 0.25) is 5.04 Å². The first-order valence-corrected chi connectivity index (χ1v) is 13.5. The van der Waals surface area contributed by atoms with E-state index in [1.807, 2.05) is 36.4 Å². The van der Waals surface area contributed by atoms with Gasteiger partial charge in [-0.05, 0) is 34.7 Å². The van der Waals surface area contributed by atoms with Crippen molar-refractivity contribution in [1.82, 2.24) is 0 Å². The Morgan fingerprint density at radius 2 is 1.74 bits per heavy atom. The van der Waals surface area contributed by atoms with Crippen molar-refractivity contribution in [1.29, 1.82) is 0 Å². The van der Waals surface area contributed by atoms with E-state index in [4.69, 9.17) is 18.6 Å². The summed E-state index contributed by atoms with van der Waals surface area (Å²) in [4.78, 5) is 25.7. The maximum Gasteiger partial charge on any atom is 0.305 e. The van der Waals surface area contributed by atoms with Crippen LogP contribution in [0.4, 0.5) is 0 Å². The van der Waals surface area contributed by atoms with Crippen molar-refractivity contribution in [2.24, 2.45) is 11.8 Å². The fourth-order valence-corrected chi connectivity index (χ4v) is 7.27. The lowest BCUT2D eigenvalue weighted by Crippen LogP contribution is -2.50. The topological polar surface area (TPSA) is 71.1 Å². The molecule has 3 rings (SSSR count). The molecule has 0 spiro atoms. The maximum absolute atomic E-state index is 13.2. The summed E-state index contributed by atoms with van der Waals surface area (Å²) >= 11 is 0. The summed E-state index contributed by atoms with van der Waals surface area (Å²) in [6, 6.07) is 15.9. The molecule has 189 valence electrons. The number of Topliss-reactive ketones (excluding diaryl/α,β-unsaturated/α-hetero) is 1. The van der Waals surface area contributed by atoms with Gasteiger partial charge in [0.15, 0.2) is 0 Å². The van der Waals surface area contributed by atoms with Crippen molar-refractivity contribution < 1.29 is 28.2 Å². The van der Waals surface area contributed by atoms with Crippen LogP contribution in [-0.2, 0) is 25.2 Å². The lowest BCUT2D eigenvalue weighted by molar-refractivity contribution is -0.145. The summed E-state index contributed by atoms with van der Waals surface area (Å²) < 4.78 is 22.8. The average molecular weight is 498 g/mol. The van der Waals surface area contributed by atoms with Gasteiger partial charge >= 0.3 is 5.97 Å². The fraction of sp³-hybridized carbons (Fsp3) is 0.500. The molecule has 35 heavy (non-hydrogen) atoms. The van der Waals surface area contributed by atoms with Crippen molar-refractivity contribution in [3.8, 4) is 11.5 Å². The zero-order chi connectivity index (χ0) is 25.6. The summed E-state index contributed by atoms with van der Waals surface area (Å²) in [7, 11) is 3.15.